The van der Waals surface area contributed by atoms with Crippen molar-refractivity contribution >= 4 is 16.8 Å². The van der Waals surface area contributed by atoms with E-state index in [-0.39, 0.29) is 11.5 Å². The Balaban J connectivity index is 1.36. The quantitative estimate of drug-likeness (QED) is 0.684. The monoisotopic (exact) mass is 371 g/mol. The molecule has 27 heavy (non-hydrogen) atoms. The molecule has 0 radical (unpaired) electrons. The third-order valence-corrected chi connectivity index (χ3v) is 5.16. The first-order chi connectivity index (χ1) is 13.2. The molecule has 1 amide bonds. The van der Waals surface area contributed by atoms with Crippen LogP contribution in [0.3, 0.4) is 0 Å². The van der Waals surface area contributed by atoms with E-state index >= 15 is 0 Å². The Bertz CT molecular complexity index is 862. The Kier molecular flexibility index (Phi) is 5.47. The van der Waals surface area contributed by atoms with Crippen molar-refractivity contribution in [1.82, 2.24) is 25.5 Å². The molecule has 2 aliphatic rings. The predicted molar refractivity (Wildman–Crippen MR) is 101 cm³/mol. The van der Waals surface area contributed by atoms with E-state index < -0.39 is 6.10 Å². The smallest absolute Gasteiger partial charge is 0.258 e. The molecule has 1 aromatic heterocycles. The van der Waals surface area contributed by atoms with Crippen LogP contribution < -0.4 is 16.2 Å². The van der Waals surface area contributed by atoms with E-state index in [4.69, 9.17) is 4.74 Å². The van der Waals surface area contributed by atoms with Crippen molar-refractivity contribution in [2.24, 2.45) is 0 Å². The average Bonchev–Trinajstić information content (AvgIpc) is 3.20. The Morgan fingerprint density at radius 1 is 1.37 bits per heavy atom. The van der Waals surface area contributed by atoms with Gasteiger partial charge in [-0.25, -0.2) is 4.98 Å². The van der Waals surface area contributed by atoms with Crippen LogP contribution in [0.25, 0.3) is 10.9 Å². The van der Waals surface area contributed by atoms with Gasteiger partial charge in [0, 0.05) is 25.7 Å². The molecule has 2 aliphatic heterocycles. The van der Waals surface area contributed by atoms with Crippen LogP contribution in [0.4, 0.5) is 0 Å². The number of H-pyrrole nitrogens is 1. The number of aromatic nitrogens is 2. The lowest BCUT2D eigenvalue weighted by molar-refractivity contribution is -0.138. The van der Waals surface area contributed by atoms with Gasteiger partial charge in [-0.1, -0.05) is 12.1 Å². The van der Waals surface area contributed by atoms with Gasteiger partial charge in [-0.15, -0.1) is 0 Å². The fourth-order valence-corrected chi connectivity index (χ4v) is 3.69. The first-order valence-electron chi connectivity index (χ1n) is 9.52. The second-order valence-electron chi connectivity index (χ2n) is 7.16. The van der Waals surface area contributed by atoms with Gasteiger partial charge in [0.15, 0.2) is 0 Å². The fraction of sp³-hybridized carbons (Fsp3) is 0.526. The zero-order valence-corrected chi connectivity index (χ0v) is 15.2. The van der Waals surface area contributed by atoms with E-state index in [1.54, 1.807) is 6.07 Å². The minimum Gasteiger partial charge on any atom is -0.366 e. The summed E-state index contributed by atoms with van der Waals surface area (Å²) in [4.78, 5) is 34.1. The maximum atomic E-state index is 12.4. The van der Waals surface area contributed by atoms with E-state index in [2.05, 4.69) is 25.5 Å². The molecule has 8 heteroatoms. The zero-order valence-electron chi connectivity index (χ0n) is 15.2. The number of hydrogen-bond donors (Lipinski definition) is 3. The molecule has 2 atom stereocenters. The lowest BCUT2D eigenvalue weighted by Gasteiger charge is -2.32. The lowest BCUT2D eigenvalue weighted by Crippen LogP contribution is -2.51. The number of ether oxygens (including phenoxy) is 1. The highest BCUT2D eigenvalue weighted by Crippen LogP contribution is 2.11. The SMILES string of the molecule is O=C(NCC1CCCN1)C1CN(Cc2nc3ccccc3c(=O)[nH]2)CCO1. The lowest BCUT2D eigenvalue weighted by atomic mass is 10.2. The average molecular weight is 371 g/mol. The number of nitrogens with one attached hydrogen (secondary N) is 3. The highest BCUT2D eigenvalue weighted by molar-refractivity contribution is 5.81. The van der Waals surface area contributed by atoms with E-state index in [0.717, 1.165) is 19.4 Å². The topological polar surface area (TPSA) is 99.4 Å². The van der Waals surface area contributed by atoms with Crippen molar-refractivity contribution in [1.29, 1.82) is 0 Å². The van der Waals surface area contributed by atoms with Crippen LogP contribution in [-0.2, 0) is 16.1 Å². The molecule has 4 rings (SSSR count). The molecule has 0 spiro atoms. The standard InChI is InChI=1S/C19H25N5O3/c25-18-14-5-1-2-6-15(14)22-17(23-18)12-24-8-9-27-16(11-24)19(26)21-10-13-4-3-7-20-13/h1-2,5-6,13,16,20H,3-4,7-12H2,(H,21,26)(H,22,23,25). The van der Waals surface area contributed by atoms with Gasteiger partial charge in [0.25, 0.3) is 11.5 Å². The van der Waals surface area contributed by atoms with Crippen LogP contribution in [0.15, 0.2) is 29.1 Å². The normalized spacial score (nSPS) is 23.6. The minimum absolute atomic E-state index is 0.0756. The van der Waals surface area contributed by atoms with E-state index in [1.807, 2.05) is 18.2 Å². The van der Waals surface area contributed by atoms with Gasteiger partial charge in [-0.3, -0.25) is 14.5 Å². The maximum absolute atomic E-state index is 12.4. The van der Waals surface area contributed by atoms with Gasteiger partial charge in [0.05, 0.1) is 24.1 Å². The Hall–Kier alpha value is -2.29. The number of fused-ring (bicyclic) bond motifs is 1. The first-order valence-corrected chi connectivity index (χ1v) is 9.52. The van der Waals surface area contributed by atoms with Crippen LogP contribution in [0.2, 0.25) is 0 Å². The van der Waals surface area contributed by atoms with Crippen molar-refractivity contribution < 1.29 is 9.53 Å². The van der Waals surface area contributed by atoms with Crippen molar-refractivity contribution in [3.05, 3.63) is 40.4 Å². The molecule has 0 bridgehead atoms. The van der Waals surface area contributed by atoms with Gasteiger partial charge in [-0.05, 0) is 31.5 Å². The number of benzene rings is 1. The molecule has 144 valence electrons. The molecule has 1 aromatic carbocycles. The summed E-state index contributed by atoms with van der Waals surface area (Å²) in [6, 6.07) is 7.65. The van der Waals surface area contributed by atoms with Crippen molar-refractivity contribution in [3.63, 3.8) is 0 Å². The molecule has 0 saturated carbocycles. The number of para-hydroxylation sites is 1. The second-order valence-corrected chi connectivity index (χ2v) is 7.16. The van der Waals surface area contributed by atoms with Gasteiger partial charge < -0.3 is 20.4 Å². The molecule has 2 fully saturated rings. The predicted octanol–water partition coefficient (Wildman–Crippen LogP) is -0.00790. The third kappa shape index (κ3) is 4.35. The highest BCUT2D eigenvalue weighted by atomic mass is 16.5. The number of aromatic amines is 1. The van der Waals surface area contributed by atoms with Crippen LogP contribution in [-0.4, -0.2) is 65.7 Å². The number of carbonyl (C=O) groups excluding carboxylic acids is 1. The van der Waals surface area contributed by atoms with Crippen LogP contribution >= 0.6 is 0 Å². The molecule has 3 N–H and O–H groups in total. The zero-order chi connectivity index (χ0) is 18.6. The number of hydrogen-bond acceptors (Lipinski definition) is 6. The molecular formula is C19H25N5O3. The van der Waals surface area contributed by atoms with Gasteiger partial charge >= 0.3 is 0 Å². The number of carbonyl (C=O) groups is 1. The summed E-state index contributed by atoms with van der Waals surface area (Å²) < 4.78 is 5.65. The van der Waals surface area contributed by atoms with Crippen molar-refractivity contribution in [2.75, 3.05) is 32.8 Å². The Morgan fingerprint density at radius 3 is 3.11 bits per heavy atom. The fourth-order valence-electron chi connectivity index (χ4n) is 3.69. The van der Waals surface area contributed by atoms with Crippen LogP contribution in [0, 0.1) is 0 Å². The third-order valence-electron chi connectivity index (χ3n) is 5.16. The Morgan fingerprint density at radius 2 is 2.26 bits per heavy atom. The summed E-state index contributed by atoms with van der Waals surface area (Å²) in [6.45, 7) is 3.81. The second kappa shape index (κ2) is 8.16. The molecule has 8 nitrogen and oxygen atoms in total. The summed E-state index contributed by atoms with van der Waals surface area (Å²) in [5.74, 6) is 0.531. The number of nitrogens with zero attached hydrogens (tertiary/aromatic N) is 2. The maximum Gasteiger partial charge on any atom is 0.258 e. The summed E-state index contributed by atoms with van der Waals surface area (Å²) in [7, 11) is 0. The van der Waals surface area contributed by atoms with Crippen molar-refractivity contribution in [2.45, 2.75) is 31.5 Å². The number of amides is 1. The molecular weight excluding hydrogens is 346 g/mol. The van der Waals surface area contributed by atoms with E-state index in [1.165, 1.54) is 0 Å². The van der Waals surface area contributed by atoms with Crippen LogP contribution in [0.5, 0.6) is 0 Å². The molecule has 2 aromatic rings. The summed E-state index contributed by atoms with van der Waals surface area (Å²) >= 11 is 0. The minimum atomic E-state index is -0.493. The van der Waals surface area contributed by atoms with Crippen LogP contribution in [0.1, 0.15) is 18.7 Å². The largest absolute Gasteiger partial charge is 0.366 e. The summed E-state index contributed by atoms with van der Waals surface area (Å²) in [6.07, 6.45) is 1.76. The van der Waals surface area contributed by atoms with Gasteiger partial charge in [-0.2, -0.15) is 0 Å². The summed E-state index contributed by atoms with van der Waals surface area (Å²) in [5.41, 5.74) is 0.546. The van der Waals surface area contributed by atoms with Crippen molar-refractivity contribution in [3.8, 4) is 0 Å². The molecule has 0 aliphatic carbocycles. The first kappa shape index (κ1) is 18.1. The highest BCUT2D eigenvalue weighted by Gasteiger charge is 2.27. The van der Waals surface area contributed by atoms with Gasteiger partial charge in [0.2, 0.25) is 0 Å². The van der Waals surface area contributed by atoms with E-state index in [9.17, 15) is 9.59 Å². The molecule has 2 saturated heterocycles. The number of morpholine rings is 1. The number of rotatable bonds is 5. The Labute approximate surface area is 157 Å². The molecule has 3 heterocycles. The van der Waals surface area contributed by atoms with Gasteiger partial charge in [0.1, 0.15) is 11.9 Å². The van der Waals surface area contributed by atoms with E-state index in [0.29, 0.717) is 55.6 Å². The molecule has 2 unspecified atom stereocenters. The summed E-state index contributed by atoms with van der Waals surface area (Å²) in [5, 5.41) is 6.94.